The van der Waals surface area contributed by atoms with Gasteiger partial charge in [-0.25, -0.2) is 9.13 Å². The number of ether oxygens (including phenoxy) is 4. The monoisotopic (exact) mass is 1370 g/mol. The van der Waals surface area contributed by atoms with E-state index in [1.54, 1.807) is 0 Å². The molecule has 0 bridgehead atoms. The molecule has 0 amide bonds. The lowest BCUT2D eigenvalue weighted by Gasteiger charge is -2.21. The normalized spacial score (nSPS) is 14.4. The number of aliphatic hydroxyl groups excluding tert-OH is 1. The van der Waals surface area contributed by atoms with Crippen LogP contribution in [-0.2, 0) is 65.4 Å². The first kappa shape index (κ1) is 91.1. The molecule has 6 atom stereocenters. The van der Waals surface area contributed by atoms with E-state index in [0.717, 1.165) is 108 Å². The molecule has 93 heavy (non-hydrogen) atoms. The number of rotatable bonds is 72. The first-order valence-corrected chi connectivity index (χ1v) is 41.4. The Morgan fingerprint density at radius 3 is 0.817 bits per heavy atom. The van der Waals surface area contributed by atoms with Gasteiger partial charge in [0.2, 0.25) is 0 Å². The second-order valence-electron chi connectivity index (χ2n) is 27.9. The van der Waals surface area contributed by atoms with Gasteiger partial charge < -0.3 is 33.8 Å². The molecule has 19 heteroatoms. The van der Waals surface area contributed by atoms with Gasteiger partial charge >= 0.3 is 39.5 Å². The second kappa shape index (κ2) is 64.7. The van der Waals surface area contributed by atoms with E-state index in [1.165, 1.54) is 180 Å². The Bertz CT molecular complexity index is 1820. The lowest BCUT2D eigenvalue weighted by Crippen LogP contribution is -2.30. The van der Waals surface area contributed by atoms with Gasteiger partial charge in [0.15, 0.2) is 12.2 Å². The van der Waals surface area contributed by atoms with Crippen LogP contribution in [0.5, 0.6) is 0 Å². The maximum absolute atomic E-state index is 13.1. The molecule has 17 nitrogen and oxygen atoms in total. The van der Waals surface area contributed by atoms with Crippen LogP contribution in [0.2, 0.25) is 0 Å². The Balaban J connectivity index is 5.26. The molecular formula is C74H144O17P2. The van der Waals surface area contributed by atoms with Crippen molar-refractivity contribution in [3.8, 4) is 0 Å². The van der Waals surface area contributed by atoms with Gasteiger partial charge in [0.05, 0.1) is 26.4 Å². The Morgan fingerprint density at radius 2 is 0.548 bits per heavy atom. The summed E-state index contributed by atoms with van der Waals surface area (Å²) in [6.07, 6.45) is 49.9. The highest BCUT2D eigenvalue weighted by molar-refractivity contribution is 7.47. The third-order valence-corrected chi connectivity index (χ3v) is 19.4. The molecule has 3 unspecified atom stereocenters. The number of phosphoric ester groups is 2. The smallest absolute Gasteiger partial charge is 0.462 e. The molecule has 0 saturated heterocycles. The number of carbonyl (C=O) groups is 4. The first-order chi connectivity index (χ1) is 44.8. The van der Waals surface area contributed by atoms with E-state index >= 15 is 0 Å². The molecule has 0 spiro atoms. The third-order valence-electron chi connectivity index (χ3n) is 17.5. The lowest BCUT2D eigenvalue weighted by molar-refractivity contribution is -0.161. The number of carbonyl (C=O) groups excluding carboxylic acids is 4. The van der Waals surface area contributed by atoms with E-state index in [0.29, 0.717) is 31.6 Å². The van der Waals surface area contributed by atoms with Crippen LogP contribution in [0.1, 0.15) is 376 Å². The highest BCUT2D eigenvalue weighted by Gasteiger charge is 2.30. The Hall–Kier alpha value is -1.94. The average Bonchev–Trinajstić information content (AvgIpc) is 1.66. The van der Waals surface area contributed by atoms with Crippen LogP contribution < -0.4 is 0 Å². The summed E-state index contributed by atoms with van der Waals surface area (Å²) in [5.74, 6) is 0.135. The molecule has 3 N–H and O–H groups in total. The molecule has 0 aromatic carbocycles. The second-order valence-corrected chi connectivity index (χ2v) is 30.8. The summed E-state index contributed by atoms with van der Waals surface area (Å²) in [6.45, 7) is 11.8. The summed E-state index contributed by atoms with van der Waals surface area (Å²) in [5.41, 5.74) is 0. The zero-order valence-electron chi connectivity index (χ0n) is 60.7. The van der Waals surface area contributed by atoms with Crippen LogP contribution in [0.3, 0.4) is 0 Å². The summed E-state index contributed by atoms with van der Waals surface area (Å²) in [5, 5.41) is 10.6. The summed E-state index contributed by atoms with van der Waals surface area (Å²) < 4.78 is 68.4. The van der Waals surface area contributed by atoms with Crippen molar-refractivity contribution in [3.05, 3.63) is 0 Å². The predicted octanol–water partition coefficient (Wildman–Crippen LogP) is 21.4. The highest BCUT2D eigenvalue weighted by Crippen LogP contribution is 2.45. The van der Waals surface area contributed by atoms with Crippen LogP contribution in [0, 0.1) is 17.8 Å². The van der Waals surface area contributed by atoms with Gasteiger partial charge in [-0.3, -0.25) is 37.3 Å². The van der Waals surface area contributed by atoms with E-state index < -0.39 is 97.5 Å². The zero-order valence-corrected chi connectivity index (χ0v) is 62.5. The maximum Gasteiger partial charge on any atom is 0.472 e. The van der Waals surface area contributed by atoms with Gasteiger partial charge in [-0.2, -0.15) is 0 Å². The average molecular weight is 1370 g/mol. The van der Waals surface area contributed by atoms with Gasteiger partial charge in [0.25, 0.3) is 0 Å². The number of esters is 4. The van der Waals surface area contributed by atoms with Crippen LogP contribution in [0.4, 0.5) is 0 Å². The SMILES string of the molecule is CCCCCCCCCCCCCCCCCCC(=O)O[C@H](COC(=O)CCCCCCCCCCCCCCC(C)C)COP(=O)(O)OC[C@@H](O)COP(=O)(O)OC[C@@H](COC(=O)CCCCCCCCCC(C)C)OC(=O)CCCCCCCCCCC(C)CC. The number of phosphoric acid groups is 2. The molecular weight excluding hydrogens is 1220 g/mol. The van der Waals surface area contributed by atoms with Crippen molar-refractivity contribution in [3.63, 3.8) is 0 Å². The van der Waals surface area contributed by atoms with Crippen molar-refractivity contribution >= 4 is 39.5 Å². The zero-order chi connectivity index (χ0) is 68.7. The Kier molecular flexibility index (Phi) is 63.4. The molecule has 552 valence electrons. The van der Waals surface area contributed by atoms with Crippen LogP contribution in [0.15, 0.2) is 0 Å². The van der Waals surface area contributed by atoms with Gasteiger partial charge in [-0.15, -0.1) is 0 Å². The van der Waals surface area contributed by atoms with E-state index in [-0.39, 0.29) is 25.7 Å². The molecule has 0 aliphatic rings. The molecule has 0 rings (SSSR count). The molecule has 0 aromatic rings. The van der Waals surface area contributed by atoms with Crippen molar-refractivity contribution < 1.29 is 80.2 Å². The fraction of sp³-hybridized carbons (Fsp3) is 0.946. The van der Waals surface area contributed by atoms with Crippen molar-refractivity contribution in [1.82, 2.24) is 0 Å². The molecule has 0 aromatic heterocycles. The van der Waals surface area contributed by atoms with Gasteiger partial charge in [0.1, 0.15) is 19.3 Å². The topological polar surface area (TPSA) is 237 Å². The van der Waals surface area contributed by atoms with Crippen molar-refractivity contribution in [1.29, 1.82) is 0 Å². The fourth-order valence-electron chi connectivity index (χ4n) is 11.2. The summed E-state index contributed by atoms with van der Waals surface area (Å²) in [7, 11) is -9.91. The minimum Gasteiger partial charge on any atom is -0.462 e. The number of unbranched alkanes of at least 4 members (excludes halogenated alkanes) is 39. The fourth-order valence-corrected chi connectivity index (χ4v) is 12.8. The summed E-state index contributed by atoms with van der Waals surface area (Å²) >= 11 is 0. The van der Waals surface area contributed by atoms with Crippen molar-refractivity contribution in [2.24, 2.45) is 17.8 Å². The highest BCUT2D eigenvalue weighted by atomic mass is 31.2. The van der Waals surface area contributed by atoms with Gasteiger partial charge in [-0.1, -0.05) is 325 Å². The first-order valence-electron chi connectivity index (χ1n) is 38.4. The van der Waals surface area contributed by atoms with Crippen molar-refractivity contribution in [2.75, 3.05) is 39.6 Å². The van der Waals surface area contributed by atoms with Crippen molar-refractivity contribution in [2.45, 2.75) is 394 Å². The van der Waals surface area contributed by atoms with Crippen LogP contribution >= 0.6 is 15.6 Å². The Labute approximate surface area is 568 Å². The summed E-state index contributed by atoms with van der Waals surface area (Å²) in [6, 6.07) is 0. The van der Waals surface area contributed by atoms with Crippen LogP contribution in [-0.4, -0.2) is 96.7 Å². The standard InChI is InChI=1S/C74H144O17P2/c1-8-10-11-12-13-14-15-16-17-18-19-24-27-35-43-50-57-73(78)90-69(61-84-71(76)55-48-41-34-26-23-21-20-22-25-31-38-45-52-65(3)4)63-88-92(80,81)86-59-68(75)60-87-93(82,83)89-64-70(62-85-72(77)56-49-42-37-30-32-39-46-53-66(5)6)91-74(79)58-51-44-36-29-28-33-40-47-54-67(7)9-2/h65-70,75H,8-64H2,1-7H3,(H,80,81)(H,82,83)/t67?,68-,69-,70-/m1/s1. The lowest BCUT2D eigenvalue weighted by atomic mass is 9.99. The summed E-state index contributed by atoms with van der Waals surface area (Å²) in [4.78, 5) is 72.7. The minimum absolute atomic E-state index is 0.104. The molecule has 0 fully saturated rings. The Morgan fingerprint density at radius 1 is 0.312 bits per heavy atom. The van der Waals surface area contributed by atoms with E-state index in [2.05, 4.69) is 48.5 Å². The quantitative estimate of drug-likeness (QED) is 0.0222. The molecule has 0 aliphatic carbocycles. The number of hydrogen-bond acceptors (Lipinski definition) is 15. The molecule has 0 radical (unpaired) electrons. The number of hydrogen-bond donors (Lipinski definition) is 3. The van der Waals surface area contributed by atoms with Crippen LogP contribution in [0.25, 0.3) is 0 Å². The maximum atomic E-state index is 13.1. The van der Waals surface area contributed by atoms with E-state index in [1.807, 2.05) is 0 Å². The van der Waals surface area contributed by atoms with E-state index in [4.69, 9.17) is 37.0 Å². The molecule has 0 aliphatic heterocycles. The van der Waals surface area contributed by atoms with Gasteiger partial charge in [0, 0.05) is 25.7 Å². The van der Waals surface area contributed by atoms with Gasteiger partial charge in [-0.05, 0) is 43.4 Å². The largest absolute Gasteiger partial charge is 0.472 e. The third kappa shape index (κ3) is 67.0. The minimum atomic E-state index is -4.96. The number of aliphatic hydroxyl groups is 1. The van der Waals surface area contributed by atoms with E-state index in [9.17, 15) is 43.2 Å². The molecule has 0 saturated carbocycles. The molecule has 0 heterocycles. The predicted molar refractivity (Wildman–Crippen MR) is 377 cm³/mol.